The number of urea groups is 1. The van der Waals surface area contributed by atoms with Crippen LogP contribution in [0.1, 0.15) is 26.3 Å². The van der Waals surface area contributed by atoms with E-state index >= 15 is 0 Å². The molecule has 0 bridgehead atoms. The molecule has 122 valence electrons. The van der Waals surface area contributed by atoms with Gasteiger partial charge >= 0.3 is 6.03 Å². The molecule has 6 heteroatoms. The van der Waals surface area contributed by atoms with Crippen LogP contribution in [-0.2, 0) is 5.41 Å². The summed E-state index contributed by atoms with van der Waals surface area (Å²) in [5.41, 5.74) is 1.67. The van der Waals surface area contributed by atoms with Gasteiger partial charge in [-0.1, -0.05) is 39.0 Å². The highest BCUT2D eigenvalue weighted by molar-refractivity contribution is 6.00. The molecular formula is C17H20N2O4. The standard InChI is InChI=1S/C17H20N2O4/c1-17(2,3)11-6-4-5-7-12(11)19-16(23)18-10-8-13(20)15(22)14(21)9-10/h4-9,20-22H,1-3H3,(H2,18,19,23). The number of anilines is 2. The summed E-state index contributed by atoms with van der Waals surface area (Å²) < 4.78 is 0. The lowest BCUT2D eigenvalue weighted by Gasteiger charge is -2.23. The minimum absolute atomic E-state index is 0.140. The molecule has 0 saturated carbocycles. The quantitative estimate of drug-likeness (QED) is 0.430. The Labute approximate surface area is 134 Å². The molecule has 2 aromatic rings. The van der Waals surface area contributed by atoms with Crippen molar-refractivity contribution in [3.05, 3.63) is 42.0 Å². The summed E-state index contributed by atoms with van der Waals surface area (Å²) in [5.74, 6) is -1.67. The fraction of sp³-hybridized carbons (Fsp3) is 0.235. The summed E-state index contributed by atoms with van der Waals surface area (Å²) in [6, 6.07) is 9.23. The van der Waals surface area contributed by atoms with E-state index in [0.717, 1.165) is 17.7 Å². The van der Waals surface area contributed by atoms with Crippen molar-refractivity contribution in [3.63, 3.8) is 0 Å². The molecular weight excluding hydrogens is 296 g/mol. The highest BCUT2D eigenvalue weighted by atomic mass is 16.3. The lowest BCUT2D eigenvalue weighted by molar-refractivity contribution is 0.262. The lowest BCUT2D eigenvalue weighted by Crippen LogP contribution is -2.22. The van der Waals surface area contributed by atoms with Crippen molar-refractivity contribution in [2.75, 3.05) is 10.6 Å². The molecule has 2 amide bonds. The fourth-order valence-corrected chi connectivity index (χ4v) is 2.21. The Morgan fingerprint density at radius 3 is 2.09 bits per heavy atom. The minimum atomic E-state index is -0.631. The molecule has 2 aromatic carbocycles. The van der Waals surface area contributed by atoms with Crippen molar-refractivity contribution in [2.24, 2.45) is 0 Å². The number of hydrogen-bond acceptors (Lipinski definition) is 4. The van der Waals surface area contributed by atoms with Gasteiger partial charge in [0.1, 0.15) is 0 Å². The number of hydrogen-bond donors (Lipinski definition) is 5. The zero-order valence-corrected chi connectivity index (χ0v) is 13.2. The van der Waals surface area contributed by atoms with Crippen LogP contribution in [0.5, 0.6) is 17.2 Å². The van der Waals surface area contributed by atoms with E-state index in [4.69, 9.17) is 0 Å². The van der Waals surface area contributed by atoms with Gasteiger partial charge in [0.15, 0.2) is 17.2 Å². The molecule has 23 heavy (non-hydrogen) atoms. The minimum Gasteiger partial charge on any atom is -0.504 e. The van der Waals surface area contributed by atoms with Crippen molar-refractivity contribution in [1.29, 1.82) is 0 Å². The van der Waals surface area contributed by atoms with E-state index in [9.17, 15) is 20.1 Å². The molecule has 0 aliphatic rings. The van der Waals surface area contributed by atoms with Crippen LogP contribution in [0.2, 0.25) is 0 Å². The van der Waals surface area contributed by atoms with Crippen LogP contribution in [0.4, 0.5) is 16.2 Å². The van der Waals surface area contributed by atoms with Gasteiger partial charge in [-0.3, -0.25) is 0 Å². The number of rotatable bonds is 2. The number of carbonyl (C=O) groups is 1. The molecule has 0 aliphatic carbocycles. The SMILES string of the molecule is CC(C)(C)c1ccccc1NC(=O)Nc1cc(O)c(O)c(O)c1. The van der Waals surface area contributed by atoms with Gasteiger partial charge in [0.05, 0.1) is 5.69 Å². The number of para-hydroxylation sites is 1. The number of phenols is 3. The highest BCUT2D eigenvalue weighted by Crippen LogP contribution is 2.37. The van der Waals surface area contributed by atoms with Crippen molar-refractivity contribution >= 4 is 17.4 Å². The summed E-state index contributed by atoms with van der Waals surface area (Å²) in [6.45, 7) is 6.13. The molecule has 2 rings (SSSR count). The number of amides is 2. The van der Waals surface area contributed by atoms with Crippen LogP contribution in [0, 0.1) is 0 Å². The Bertz CT molecular complexity index is 713. The van der Waals surface area contributed by atoms with Crippen LogP contribution in [0.25, 0.3) is 0 Å². The summed E-state index contributed by atoms with van der Waals surface area (Å²) in [7, 11) is 0. The Kier molecular flexibility index (Phi) is 4.36. The Morgan fingerprint density at radius 1 is 0.957 bits per heavy atom. The molecule has 0 spiro atoms. The van der Waals surface area contributed by atoms with Crippen molar-refractivity contribution < 1.29 is 20.1 Å². The zero-order chi connectivity index (χ0) is 17.2. The van der Waals surface area contributed by atoms with Crippen LogP contribution in [0.3, 0.4) is 0 Å². The van der Waals surface area contributed by atoms with Crippen LogP contribution >= 0.6 is 0 Å². The Morgan fingerprint density at radius 2 is 1.52 bits per heavy atom. The van der Waals surface area contributed by atoms with E-state index < -0.39 is 23.3 Å². The zero-order valence-electron chi connectivity index (χ0n) is 13.2. The second-order valence-electron chi connectivity index (χ2n) is 6.24. The first kappa shape index (κ1) is 16.5. The maximum atomic E-state index is 12.1. The van der Waals surface area contributed by atoms with Gasteiger partial charge in [-0.2, -0.15) is 0 Å². The van der Waals surface area contributed by atoms with Crippen molar-refractivity contribution in [3.8, 4) is 17.2 Å². The topological polar surface area (TPSA) is 102 Å². The van der Waals surface area contributed by atoms with Crippen molar-refractivity contribution in [2.45, 2.75) is 26.2 Å². The van der Waals surface area contributed by atoms with Crippen molar-refractivity contribution in [1.82, 2.24) is 0 Å². The smallest absolute Gasteiger partial charge is 0.323 e. The summed E-state index contributed by atoms with van der Waals surface area (Å²) in [4.78, 5) is 12.1. The number of aromatic hydroxyl groups is 3. The monoisotopic (exact) mass is 316 g/mol. The predicted octanol–water partition coefficient (Wildman–Crippen LogP) is 3.74. The van der Waals surface area contributed by atoms with Crippen LogP contribution in [0.15, 0.2) is 36.4 Å². The van der Waals surface area contributed by atoms with Gasteiger partial charge in [-0.15, -0.1) is 0 Å². The second-order valence-corrected chi connectivity index (χ2v) is 6.24. The number of nitrogens with one attached hydrogen (secondary N) is 2. The van der Waals surface area contributed by atoms with Crippen LogP contribution < -0.4 is 10.6 Å². The average molecular weight is 316 g/mol. The first-order valence-electron chi connectivity index (χ1n) is 7.11. The van der Waals surface area contributed by atoms with Gasteiger partial charge in [-0.25, -0.2) is 4.79 Å². The third kappa shape index (κ3) is 3.85. The second kappa shape index (κ2) is 6.08. The number of carbonyl (C=O) groups excluding carboxylic acids is 1. The van der Waals surface area contributed by atoms with E-state index in [1.165, 1.54) is 0 Å². The molecule has 0 heterocycles. The normalized spacial score (nSPS) is 11.1. The molecule has 0 radical (unpaired) electrons. The first-order valence-corrected chi connectivity index (χ1v) is 7.11. The summed E-state index contributed by atoms with van der Waals surface area (Å²) >= 11 is 0. The first-order chi connectivity index (χ1) is 10.7. The number of benzene rings is 2. The lowest BCUT2D eigenvalue weighted by atomic mass is 9.86. The predicted molar refractivity (Wildman–Crippen MR) is 89.2 cm³/mol. The average Bonchev–Trinajstić information content (AvgIpc) is 2.44. The molecule has 5 N–H and O–H groups in total. The van der Waals surface area contributed by atoms with E-state index in [-0.39, 0.29) is 11.1 Å². The van der Waals surface area contributed by atoms with E-state index in [0.29, 0.717) is 5.69 Å². The van der Waals surface area contributed by atoms with Gasteiger partial charge in [0.2, 0.25) is 0 Å². The maximum Gasteiger partial charge on any atom is 0.323 e. The molecule has 0 aliphatic heterocycles. The summed E-state index contributed by atoms with van der Waals surface area (Å²) in [6.07, 6.45) is 0. The molecule has 0 aromatic heterocycles. The molecule has 0 fully saturated rings. The van der Waals surface area contributed by atoms with Gasteiger partial charge in [-0.05, 0) is 17.0 Å². The largest absolute Gasteiger partial charge is 0.504 e. The third-order valence-electron chi connectivity index (χ3n) is 3.31. The van der Waals surface area contributed by atoms with Gasteiger partial charge < -0.3 is 26.0 Å². The van der Waals surface area contributed by atoms with E-state index in [2.05, 4.69) is 10.6 Å². The maximum absolute atomic E-state index is 12.1. The molecule has 0 saturated heterocycles. The van der Waals surface area contributed by atoms with Gasteiger partial charge in [0.25, 0.3) is 0 Å². The van der Waals surface area contributed by atoms with Gasteiger partial charge in [0, 0.05) is 17.8 Å². The number of phenolic OH excluding ortho intramolecular Hbond substituents is 3. The van der Waals surface area contributed by atoms with E-state index in [1.807, 2.05) is 39.0 Å². The van der Waals surface area contributed by atoms with Crippen LogP contribution in [-0.4, -0.2) is 21.4 Å². The Balaban J connectivity index is 2.18. The highest BCUT2D eigenvalue weighted by Gasteiger charge is 2.18. The fourth-order valence-electron chi connectivity index (χ4n) is 2.21. The van der Waals surface area contributed by atoms with E-state index in [1.54, 1.807) is 6.07 Å². The molecule has 0 unspecified atom stereocenters. The Hall–Kier alpha value is -2.89. The molecule has 6 nitrogen and oxygen atoms in total. The molecule has 0 atom stereocenters. The third-order valence-corrected chi connectivity index (χ3v) is 3.31. The summed E-state index contributed by atoms with van der Waals surface area (Å²) in [5, 5.41) is 33.4.